The molecule has 0 radical (unpaired) electrons. The Morgan fingerprint density at radius 1 is 1.11 bits per heavy atom. The molecule has 0 saturated carbocycles. The van der Waals surface area contributed by atoms with Crippen molar-refractivity contribution in [3.63, 3.8) is 0 Å². The van der Waals surface area contributed by atoms with Crippen molar-refractivity contribution in [2.45, 2.75) is 25.3 Å². The van der Waals surface area contributed by atoms with Gasteiger partial charge in [-0.25, -0.2) is 0 Å². The number of methoxy groups -OCH3 is 1. The summed E-state index contributed by atoms with van der Waals surface area (Å²) in [4.78, 5) is 19.6. The zero-order chi connectivity index (χ0) is 18.4. The van der Waals surface area contributed by atoms with Crippen molar-refractivity contribution in [2.75, 3.05) is 7.11 Å². The van der Waals surface area contributed by atoms with Crippen molar-refractivity contribution < 1.29 is 9.53 Å². The number of rotatable bonds is 3. The summed E-state index contributed by atoms with van der Waals surface area (Å²) < 4.78 is 5.26. The van der Waals surface area contributed by atoms with E-state index in [0.29, 0.717) is 5.69 Å². The molecule has 1 unspecified atom stereocenters. The Morgan fingerprint density at radius 3 is 2.89 bits per heavy atom. The summed E-state index contributed by atoms with van der Waals surface area (Å²) in [6.45, 7) is 0. The number of H-pyrrole nitrogens is 2. The lowest BCUT2D eigenvalue weighted by Gasteiger charge is -2.23. The highest BCUT2D eigenvalue weighted by Gasteiger charge is 2.26. The number of amides is 1. The summed E-state index contributed by atoms with van der Waals surface area (Å²) >= 11 is 0. The maximum Gasteiger partial charge on any atom is 0.268 e. The first-order chi connectivity index (χ1) is 13.2. The van der Waals surface area contributed by atoms with Gasteiger partial charge in [0, 0.05) is 33.6 Å². The van der Waals surface area contributed by atoms with Crippen molar-refractivity contribution in [3.8, 4) is 5.75 Å². The van der Waals surface area contributed by atoms with Crippen molar-refractivity contribution in [1.29, 1.82) is 0 Å². The fourth-order valence-corrected chi connectivity index (χ4v) is 4.15. The predicted octanol–water partition coefficient (Wildman–Crippen LogP) is 4.47. The third kappa shape index (κ3) is 2.67. The van der Waals surface area contributed by atoms with Crippen LogP contribution in [0.4, 0.5) is 0 Å². The van der Waals surface area contributed by atoms with Gasteiger partial charge < -0.3 is 20.0 Å². The Bertz CT molecular complexity index is 1160. The molecule has 2 aromatic heterocycles. The SMILES string of the molecule is COc1ccc2cc(C(=O)NC3CCCc4c3[nH]c3ccccc43)[nH]c2c1. The number of carbonyl (C=O) groups excluding carboxylic acids is 1. The van der Waals surface area contributed by atoms with Crippen LogP contribution in [0.15, 0.2) is 48.5 Å². The summed E-state index contributed by atoms with van der Waals surface area (Å²) in [5.74, 6) is 0.688. The van der Waals surface area contributed by atoms with Crippen molar-refractivity contribution in [2.24, 2.45) is 0 Å². The lowest BCUT2D eigenvalue weighted by Crippen LogP contribution is -2.31. The van der Waals surface area contributed by atoms with E-state index in [0.717, 1.165) is 47.1 Å². The Hall–Kier alpha value is -3.21. The third-order valence-corrected chi connectivity index (χ3v) is 5.49. The number of fused-ring (bicyclic) bond motifs is 4. The van der Waals surface area contributed by atoms with Gasteiger partial charge >= 0.3 is 0 Å². The fraction of sp³-hybridized carbons (Fsp3) is 0.227. The summed E-state index contributed by atoms with van der Waals surface area (Å²) in [7, 11) is 1.64. The van der Waals surface area contributed by atoms with Crippen LogP contribution < -0.4 is 10.1 Å². The van der Waals surface area contributed by atoms with E-state index in [4.69, 9.17) is 4.74 Å². The molecule has 2 heterocycles. The van der Waals surface area contributed by atoms with E-state index in [1.165, 1.54) is 10.9 Å². The topological polar surface area (TPSA) is 69.9 Å². The molecule has 5 heteroatoms. The highest BCUT2D eigenvalue weighted by molar-refractivity contribution is 5.98. The Kier molecular flexibility index (Phi) is 3.67. The number of ether oxygens (including phenoxy) is 1. The summed E-state index contributed by atoms with van der Waals surface area (Å²) in [5.41, 5.74) is 5.09. The number of aromatic amines is 2. The van der Waals surface area contributed by atoms with Crippen LogP contribution in [0.2, 0.25) is 0 Å². The molecule has 4 aromatic rings. The van der Waals surface area contributed by atoms with Crippen molar-refractivity contribution >= 4 is 27.7 Å². The van der Waals surface area contributed by atoms with Crippen LogP contribution >= 0.6 is 0 Å². The van der Waals surface area contributed by atoms with Gasteiger partial charge in [-0.15, -0.1) is 0 Å². The predicted molar refractivity (Wildman–Crippen MR) is 106 cm³/mol. The van der Waals surface area contributed by atoms with Gasteiger partial charge in [-0.3, -0.25) is 4.79 Å². The first-order valence-electron chi connectivity index (χ1n) is 9.30. The van der Waals surface area contributed by atoms with E-state index in [1.54, 1.807) is 7.11 Å². The Labute approximate surface area is 156 Å². The monoisotopic (exact) mass is 359 g/mol. The lowest BCUT2D eigenvalue weighted by atomic mass is 9.91. The smallest absolute Gasteiger partial charge is 0.268 e. The van der Waals surface area contributed by atoms with E-state index in [9.17, 15) is 4.79 Å². The van der Waals surface area contributed by atoms with Gasteiger partial charge in [-0.05, 0) is 49.1 Å². The number of aromatic nitrogens is 2. The molecule has 0 bridgehead atoms. The van der Waals surface area contributed by atoms with Crippen molar-refractivity contribution in [3.05, 3.63) is 65.5 Å². The molecule has 1 atom stereocenters. The molecule has 27 heavy (non-hydrogen) atoms. The molecule has 0 aliphatic heterocycles. The van der Waals surface area contributed by atoms with Gasteiger partial charge in [0.25, 0.3) is 5.91 Å². The number of hydrogen-bond acceptors (Lipinski definition) is 2. The molecule has 0 fully saturated rings. The second kappa shape index (κ2) is 6.20. The van der Waals surface area contributed by atoms with E-state index < -0.39 is 0 Å². The third-order valence-electron chi connectivity index (χ3n) is 5.49. The molecule has 5 nitrogen and oxygen atoms in total. The molecule has 2 aromatic carbocycles. The van der Waals surface area contributed by atoms with Crippen LogP contribution in [0.1, 0.15) is 40.6 Å². The highest BCUT2D eigenvalue weighted by atomic mass is 16.5. The minimum Gasteiger partial charge on any atom is -0.497 e. The molecule has 1 aliphatic rings. The second-order valence-electron chi connectivity index (χ2n) is 7.12. The minimum atomic E-state index is -0.0818. The molecular weight excluding hydrogens is 338 g/mol. The summed E-state index contributed by atoms with van der Waals surface area (Å²) in [6.07, 6.45) is 3.07. The number of aryl methyl sites for hydroxylation is 1. The van der Waals surface area contributed by atoms with Crippen LogP contribution in [0.3, 0.4) is 0 Å². The van der Waals surface area contributed by atoms with Gasteiger partial charge in [-0.1, -0.05) is 18.2 Å². The molecule has 1 amide bonds. The van der Waals surface area contributed by atoms with Gasteiger partial charge in [0.1, 0.15) is 11.4 Å². The number of benzene rings is 2. The standard InChI is InChI=1S/C22H21N3O2/c1-27-14-10-9-13-11-20(23-19(13)12-14)22(26)25-18-8-4-6-16-15-5-2-3-7-17(15)24-21(16)18/h2-3,5,7,9-12,18,23-24H,4,6,8H2,1H3,(H,25,26). The molecule has 0 spiro atoms. The largest absolute Gasteiger partial charge is 0.497 e. The maximum atomic E-state index is 12.9. The molecule has 0 saturated heterocycles. The van der Waals surface area contributed by atoms with Gasteiger partial charge in [0.05, 0.1) is 13.2 Å². The van der Waals surface area contributed by atoms with E-state index in [-0.39, 0.29) is 11.9 Å². The number of para-hydroxylation sites is 1. The number of hydrogen-bond donors (Lipinski definition) is 3. The minimum absolute atomic E-state index is 0.00889. The fourth-order valence-electron chi connectivity index (χ4n) is 4.15. The average Bonchev–Trinajstić information content (AvgIpc) is 3.29. The van der Waals surface area contributed by atoms with Crippen LogP contribution in [-0.4, -0.2) is 23.0 Å². The van der Waals surface area contributed by atoms with E-state index >= 15 is 0 Å². The summed E-state index contributed by atoms with van der Waals surface area (Å²) in [6, 6.07) is 16.0. The first-order valence-corrected chi connectivity index (χ1v) is 9.30. The Balaban J connectivity index is 1.45. The molecule has 1 aliphatic carbocycles. The zero-order valence-corrected chi connectivity index (χ0v) is 15.1. The molecule has 136 valence electrons. The number of carbonyl (C=O) groups is 1. The van der Waals surface area contributed by atoms with Crippen molar-refractivity contribution in [1.82, 2.24) is 15.3 Å². The number of nitrogens with one attached hydrogen (secondary N) is 3. The Morgan fingerprint density at radius 2 is 2.00 bits per heavy atom. The van der Waals surface area contributed by atoms with E-state index in [1.807, 2.05) is 30.3 Å². The van der Waals surface area contributed by atoms with Crippen LogP contribution in [-0.2, 0) is 6.42 Å². The van der Waals surface area contributed by atoms with Crippen LogP contribution in [0.25, 0.3) is 21.8 Å². The molecule has 5 rings (SSSR count). The van der Waals surface area contributed by atoms with Crippen LogP contribution in [0, 0.1) is 0 Å². The summed E-state index contributed by atoms with van der Waals surface area (Å²) in [5, 5.41) is 5.47. The maximum absolute atomic E-state index is 12.9. The molecular formula is C22H21N3O2. The van der Waals surface area contributed by atoms with Gasteiger partial charge in [0.15, 0.2) is 0 Å². The van der Waals surface area contributed by atoms with Crippen LogP contribution in [0.5, 0.6) is 5.75 Å². The van der Waals surface area contributed by atoms with E-state index in [2.05, 4.69) is 33.5 Å². The average molecular weight is 359 g/mol. The molecule has 3 N–H and O–H groups in total. The lowest BCUT2D eigenvalue weighted by molar-refractivity contribution is 0.0927. The quantitative estimate of drug-likeness (QED) is 0.505. The van der Waals surface area contributed by atoms with Gasteiger partial charge in [0.2, 0.25) is 0 Å². The van der Waals surface area contributed by atoms with Gasteiger partial charge in [-0.2, -0.15) is 0 Å². The second-order valence-corrected chi connectivity index (χ2v) is 7.12. The first kappa shape index (κ1) is 16.0. The zero-order valence-electron chi connectivity index (χ0n) is 15.1. The normalized spacial score (nSPS) is 16.4. The highest BCUT2D eigenvalue weighted by Crippen LogP contribution is 2.34.